The molecule has 0 aromatic heterocycles. The van der Waals surface area contributed by atoms with Crippen LogP contribution in [0, 0.1) is 11.8 Å². The highest BCUT2D eigenvalue weighted by Gasteiger charge is 2.44. The van der Waals surface area contributed by atoms with Crippen LogP contribution in [-0.4, -0.2) is 12.1 Å². The van der Waals surface area contributed by atoms with Gasteiger partial charge in [0, 0.05) is 21.9 Å². The molecule has 2 rings (SSSR count). The first-order chi connectivity index (χ1) is 6.35. The Morgan fingerprint density at radius 3 is 1.62 bits per heavy atom. The highest BCUT2D eigenvalue weighted by Crippen LogP contribution is 2.47. The van der Waals surface area contributed by atoms with Crippen LogP contribution < -0.4 is 0 Å². The Hall–Kier alpha value is -1.38. The minimum absolute atomic E-state index is 0.153. The summed E-state index contributed by atoms with van der Waals surface area (Å²) in [7, 11) is 0. The molecule has 0 aromatic rings. The van der Waals surface area contributed by atoms with E-state index in [9.17, 15) is 0 Å². The van der Waals surface area contributed by atoms with Crippen molar-refractivity contribution in [3.63, 3.8) is 0 Å². The van der Waals surface area contributed by atoms with Crippen molar-refractivity contribution < 1.29 is 0 Å². The Balaban J connectivity index is 2.06. The fourth-order valence-corrected chi connectivity index (χ4v) is 2.63. The van der Waals surface area contributed by atoms with Crippen molar-refractivity contribution in [2.75, 3.05) is 0 Å². The van der Waals surface area contributed by atoms with Gasteiger partial charge in [0.2, 0.25) is 0 Å². The zero-order valence-electron chi connectivity index (χ0n) is 7.11. The Morgan fingerprint density at radius 2 is 1.31 bits per heavy atom. The minimum Gasteiger partial charge on any atom is -0.0903 e. The SMILES string of the molecule is [N-]=[N+]=N[C@@H]1C[C@@H]2C[C@H]1C[C@H]2N=[N+]=[N-]. The van der Waals surface area contributed by atoms with E-state index >= 15 is 0 Å². The molecule has 0 unspecified atom stereocenters. The molecule has 0 aromatic carbocycles. The molecule has 68 valence electrons. The van der Waals surface area contributed by atoms with E-state index in [-0.39, 0.29) is 12.1 Å². The van der Waals surface area contributed by atoms with E-state index in [1.807, 2.05) is 0 Å². The standard InChI is InChI=1S/C7H10N6/c8-12-10-6-2-4-1-5(6)3-7(4)11-13-9/h4-7H,1-3H2/t4-,5-,6+,7+/m0/s1. The molecule has 0 radical (unpaired) electrons. The third-order valence-electron chi connectivity index (χ3n) is 3.18. The first kappa shape index (κ1) is 8.23. The lowest BCUT2D eigenvalue weighted by molar-refractivity contribution is 0.374. The third-order valence-corrected chi connectivity index (χ3v) is 3.18. The van der Waals surface area contributed by atoms with Crippen molar-refractivity contribution in [3.8, 4) is 0 Å². The number of nitrogens with zero attached hydrogens (tertiary/aromatic N) is 6. The van der Waals surface area contributed by atoms with E-state index in [1.165, 1.54) is 0 Å². The number of hydrogen-bond donors (Lipinski definition) is 0. The topological polar surface area (TPSA) is 97.5 Å². The minimum atomic E-state index is 0.153. The van der Waals surface area contributed by atoms with E-state index in [0.717, 1.165) is 19.3 Å². The van der Waals surface area contributed by atoms with Crippen LogP contribution in [0.15, 0.2) is 10.2 Å². The fourth-order valence-electron chi connectivity index (χ4n) is 2.63. The third kappa shape index (κ3) is 1.30. The second-order valence-corrected chi connectivity index (χ2v) is 3.77. The predicted octanol–water partition coefficient (Wildman–Crippen LogP) is 2.77. The van der Waals surface area contributed by atoms with Crippen LogP contribution in [0.1, 0.15) is 19.3 Å². The molecule has 0 spiro atoms. The van der Waals surface area contributed by atoms with E-state index in [2.05, 4.69) is 20.1 Å². The lowest BCUT2D eigenvalue weighted by Gasteiger charge is -2.21. The maximum atomic E-state index is 8.30. The highest BCUT2D eigenvalue weighted by molar-refractivity contribution is 5.01. The van der Waals surface area contributed by atoms with Crippen LogP contribution in [0.5, 0.6) is 0 Å². The van der Waals surface area contributed by atoms with Gasteiger partial charge in [0.1, 0.15) is 0 Å². The first-order valence-electron chi connectivity index (χ1n) is 4.43. The maximum absolute atomic E-state index is 8.30. The van der Waals surface area contributed by atoms with Crippen molar-refractivity contribution >= 4 is 0 Å². The molecule has 0 aliphatic heterocycles. The van der Waals surface area contributed by atoms with Gasteiger partial charge in [-0.05, 0) is 42.2 Å². The molecule has 0 N–H and O–H groups in total. The quantitative estimate of drug-likeness (QED) is 0.353. The normalized spacial score (nSPS) is 40.9. The zero-order chi connectivity index (χ0) is 9.26. The van der Waals surface area contributed by atoms with Crippen molar-refractivity contribution in [1.82, 2.24) is 0 Å². The van der Waals surface area contributed by atoms with Crippen LogP contribution in [0.3, 0.4) is 0 Å². The summed E-state index contributed by atoms with van der Waals surface area (Å²) in [6.07, 6.45) is 2.87. The molecule has 0 heterocycles. The van der Waals surface area contributed by atoms with Crippen molar-refractivity contribution in [2.45, 2.75) is 31.3 Å². The van der Waals surface area contributed by atoms with Gasteiger partial charge < -0.3 is 0 Å². The second-order valence-electron chi connectivity index (χ2n) is 3.77. The number of azide groups is 2. The molecule has 2 aliphatic carbocycles. The summed E-state index contributed by atoms with van der Waals surface area (Å²) < 4.78 is 0. The van der Waals surface area contributed by atoms with Gasteiger partial charge in [0.15, 0.2) is 0 Å². The summed E-state index contributed by atoms with van der Waals surface area (Å²) in [5.74, 6) is 0.910. The van der Waals surface area contributed by atoms with Crippen LogP contribution in [0.25, 0.3) is 20.9 Å². The lowest BCUT2D eigenvalue weighted by Crippen LogP contribution is -2.22. The molecular weight excluding hydrogens is 168 g/mol. The van der Waals surface area contributed by atoms with Crippen LogP contribution in [0.4, 0.5) is 0 Å². The smallest absolute Gasteiger partial charge is 0.0405 e. The van der Waals surface area contributed by atoms with Crippen molar-refractivity contribution in [2.24, 2.45) is 22.1 Å². The van der Waals surface area contributed by atoms with Crippen molar-refractivity contribution in [1.29, 1.82) is 0 Å². The van der Waals surface area contributed by atoms with Crippen LogP contribution in [-0.2, 0) is 0 Å². The number of rotatable bonds is 2. The number of hydrogen-bond acceptors (Lipinski definition) is 2. The van der Waals surface area contributed by atoms with E-state index in [4.69, 9.17) is 11.1 Å². The van der Waals surface area contributed by atoms with Gasteiger partial charge in [-0.2, -0.15) is 0 Å². The van der Waals surface area contributed by atoms with Gasteiger partial charge in [-0.1, -0.05) is 10.2 Å². The van der Waals surface area contributed by atoms with E-state index < -0.39 is 0 Å². The number of fused-ring (bicyclic) bond motifs is 2. The zero-order valence-corrected chi connectivity index (χ0v) is 7.11. The lowest BCUT2D eigenvalue weighted by atomic mass is 9.92. The van der Waals surface area contributed by atoms with E-state index in [1.54, 1.807) is 0 Å². The van der Waals surface area contributed by atoms with Gasteiger partial charge in [-0.25, -0.2) is 0 Å². The highest BCUT2D eigenvalue weighted by atomic mass is 15.2. The predicted molar refractivity (Wildman–Crippen MR) is 46.7 cm³/mol. The molecule has 0 amide bonds. The summed E-state index contributed by atoms with van der Waals surface area (Å²) in [6.45, 7) is 0. The summed E-state index contributed by atoms with van der Waals surface area (Å²) >= 11 is 0. The molecule has 2 fully saturated rings. The van der Waals surface area contributed by atoms with Crippen LogP contribution in [0.2, 0.25) is 0 Å². The average molecular weight is 178 g/mol. The Kier molecular flexibility index (Phi) is 2.00. The van der Waals surface area contributed by atoms with Gasteiger partial charge in [-0.15, -0.1) is 0 Å². The summed E-state index contributed by atoms with van der Waals surface area (Å²) in [5.41, 5.74) is 16.6. The summed E-state index contributed by atoms with van der Waals surface area (Å²) in [5, 5.41) is 7.49. The average Bonchev–Trinajstić information content (AvgIpc) is 2.65. The first-order valence-corrected chi connectivity index (χ1v) is 4.43. The van der Waals surface area contributed by atoms with Crippen LogP contribution >= 0.6 is 0 Å². The Bertz CT molecular complexity index is 270. The maximum Gasteiger partial charge on any atom is 0.0405 e. The van der Waals surface area contributed by atoms with Gasteiger partial charge >= 0.3 is 0 Å². The molecule has 2 bridgehead atoms. The summed E-state index contributed by atoms with van der Waals surface area (Å²) in [4.78, 5) is 5.66. The molecule has 13 heavy (non-hydrogen) atoms. The largest absolute Gasteiger partial charge is 0.0903 e. The fraction of sp³-hybridized carbons (Fsp3) is 1.00. The van der Waals surface area contributed by atoms with Crippen molar-refractivity contribution in [3.05, 3.63) is 20.9 Å². The Labute approximate surface area is 75.2 Å². The van der Waals surface area contributed by atoms with Gasteiger partial charge in [-0.3, -0.25) is 0 Å². The van der Waals surface area contributed by atoms with Gasteiger partial charge in [0.05, 0.1) is 0 Å². The monoisotopic (exact) mass is 178 g/mol. The second kappa shape index (κ2) is 3.17. The molecule has 2 aliphatic rings. The molecule has 6 heteroatoms. The molecule has 2 saturated carbocycles. The molecular formula is C7H10N6. The summed E-state index contributed by atoms with van der Waals surface area (Å²) in [6, 6.07) is 0.306. The Morgan fingerprint density at radius 1 is 0.846 bits per heavy atom. The van der Waals surface area contributed by atoms with E-state index in [0.29, 0.717) is 11.8 Å². The molecule has 4 atom stereocenters. The molecule has 6 nitrogen and oxygen atoms in total. The molecule has 0 saturated heterocycles. The van der Waals surface area contributed by atoms with Gasteiger partial charge in [0.25, 0.3) is 0 Å².